The molecule has 1 N–H and O–H groups in total. The number of halogens is 2. The van der Waals surface area contributed by atoms with Crippen LogP contribution in [-0.4, -0.2) is 60.3 Å². The molecule has 1 aromatic rings. The number of ether oxygens (including phenoxy) is 1. The number of hydrogen-bond acceptors (Lipinski definition) is 4. The average molecular weight is 457 g/mol. The molecule has 168 valence electrons. The van der Waals surface area contributed by atoms with Gasteiger partial charge in [0.2, 0.25) is 0 Å². The predicted molar refractivity (Wildman–Crippen MR) is 124 cm³/mol. The Kier molecular flexibility index (Phi) is 12.9. The van der Waals surface area contributed by atoms with Crippen molar-refractivity contribution >= 4 is 30.1 Å². The lowest BCUT2D eigenvalue weighted by Gasteiger charge is -2.32. The summed E-state index contributed by atoms with van der Waals surface area (Å²) in [5, 5.41) is 9.63. The Morgan fingerprint density at radius 2 is 1.87 bits per heavy atom. The van der Waals surface area contributed by atoms with Crippen molar-refractivity contribution in [1.82, 2.24) is 9.80 Å². The fraction of sp³-hybridized carbons (Fsp3) is 0.609. The molecule has 1 aromatic carbocycles. The lowest BCUT2D eigenvalue weighted by Crippen LogP contribution is -2.40. The van der Waals surface area contributed by atoms with E-state index in [0.29, 0.717) is 16.7 Å². The third kappa shape index (κ3) is 9.14. The number of likely N-dealkylation sites (N-methyl/N-ethyl adjacent to an activating group) is 1. The molecule has 0 heterocycles. The SMILES string of the molecule is CCN(CCO)CCCC#CC1CCC(N(C)C(=O)Oc2ccc(Cl)cc2)CC1.Cl. The first kappa shape index (κ1) is 26.6. The fourth-order valence-electron chi connectivity index (χ4n) is 3.61. The molecule has 0 spiro atoms. The monoisotopic (exact) mass is 456 g/mol. The molecule has 1 saturated carbocycles. The predicted octanol–water partition coefficient (Wildman–Crippen LogP) is 4.85. The molecular formula is C23H34Cl2N2O3. The summed E-state index contributed by atoms with van der Waals surface area (Å²) in [6.45, 7) is 5.01. The van der Waals surface area contributed by atoms with Crippen molar-refractivity contribution in [3.8, 4) is 17.6 Å². The Labute approximate surface area is 192 Å². The quantitative estimate of drug-likeness (QED) is 0.448. The van der Waals surface area contributed by atoms with E-state index in [-0.39, 0.29) is 31.1 Å². The number of benzene rings is 1. The van der Waals surface area contributed by atoms with Crippen LogP contribution in [0.3, 0.4) is 0 Å². The molecule has 1 amide bonds. The maximum absolute atomic E-state index is 12.4. The van der Waals surface area contributed by atoms with Gasteiger partial charge in [-0.05, 0) is 69.5 Å². The highest BCUT2D eigenvalue weighted by atomic mass is 35.5. The normalized spacial score (nSPS) is 18.2. The Morgan fingerprint density at radius 1 is 1.20 bits per heavy atom. The second kappa shape index (κ2) is 14.5. The van der Waals surface area contributed by atoms with E-state index < -0.39 is 0 Å². The van der Waals surface area contributed by atoms with Gasteiger partial charge in [0, 0.05) is 37.0 Å². The van der Waals surface area contributed by atoms with Gasteiger partial charge in [-0.3, -0.25) is 0 Å². The topological polar surface area (TPSA) is 53.0 Å². The van der Waals surface area contributed by atoms with Gasteiger partial charge in [-0.15, -0.1) is 18.3 Å². The number of carbonyl (C=O) groups is 1. The minimum absolute atomic E-state index is 0. The molecule has 0 radical (unpaired) electrons. The minimum atomic E-state index is -0.329. The van der Waals surface area contributed by atoms with Crippen LogP contribution in [0.5, 0.6) is 5.75 Å². The molecule has 7 heteroatoms. The van der Waals surface area contributed by atoms with Crippen molar-refractivity contribution < 1.29 is 14.6 Å². The van der Waals surface area contributed by atoms with Gasteiger partial charge in [-0.25, -0.2) is 4.79 Å². The van der Waals surface area contributed by atoms with Gasteiger partial charge in [0.25, 0.3) is 0 Å². The number of aliphatic hydroxyl groups excluding tert-OH is 1. The summed E-state index contributed by atoms with van der Waals surface area (Å²) >= 11 is 5.86. The van der Waals surface area contributed by atoms with Crippen LogP contribution < -0.4 is 4.74 Å². The largest absolute Gasteiger partial charge is 0.415 e. The van der Waals surface area contributed by atoms with Crippen molar-refractivity contribution in [3.63, 3.8) is 0 Å². The van der Waals surface area contributed by atoms with E-state index in [1.165, 1.54) is 0 Å². The van der Waals surface area contributed by atoms with Crippen molar-refractivity contribution in [2.75, 3.05) is 33.3 Å². The summed E-state index contributed by atoms with van der Waals surface area (Å²) in [4.78, 5) is 16.3. The van der Waals surface area contributed by atoms with Gasteiger partial charge < -0.3 is 19.6 Å². The first-order valence-corrected chi connectivity index (χ1v) is 10.9. The number of unbranched alkanes of at least 4 members (excludes halogenated alkanes) is 1. The Bertz CT molecular complexity index is 680. The second-order valence-corrected chi connectivity index (χ2v) is 7.96. The van der Waals surface area contributed by atoms with Crippen LogP contribution in [0.15, 0.2) is 24.3 Å². The van der Waals surface area contributed by atoms with Crippen LogP contribution in [0.2, 0.25) is 5.02 Å². The summed E-state index contributed by atoms with van der Waals surface area (Å²) in [7, 11) is 1.81. The molecule has 0 unspecified atom stereocenters. The first-order valence-electron chi connectivity index (χ1n) is 10.5. The smallest absolute Gasteiger partial charge is 0.410 e. The summed E-state index contributed by atoms with van der Waals surface area (Å²) in [5.41, 5.74) is 0. The van der Waals surface area contributed by atoms with Gasteiger partial charge in [0.15, 0.2) is 0 Å². The number of amides is 1. The third-order valence-electron chi connectivity index (χ3n) is 5.50. The summed E-state index contributed by atoms with van der Waals surface area (Å²) in [5.74, 6) is 7.67. The zero-order valence-electron chi connectivity index (χ0n) is 18.0. The molecule has 0 aliphatic heterocycles. The van der Waals surface area contributed by atoms with Gasteiger partial charge in [0.05, 0.1) is 6.61 Å². The minimum Gasteiger partial charge on any atom is -0.410 e. The van der Waals surface area contributed by atoms with E-state index in [9.17, 15) is 4.79 Å². The van der Waals surface area contributed by atoms with E-state index >= 15 is 0 Å². The van der Waals surface area contributed by atoms with Crippen molar-refractivity contribution in [2.45, 2.75) is 51.5 Å². The number of hydrogen-bond donors (Lipinski definition) is 1. The third-order valence-corrected chi connectivity index (χ3v) is 5.75. The van der Waals surface area contributed by atoms with Crippen LogP contribution in [0, 0.1) is 17.8 Å². The second-order valence-electron chi connectivity index (χ2n) is 7.52. The Morgan fingerprint density at radius 3 is 2.47 bits per heavy atom. The average Bonchev–Trinajstić information content (AvgIpc) is 2.74. The van der Waals surface area contributed by atoms with E-state index in [1.54, 1.807) is 36.2 Å². The standard InChI is InChI=1S/C23H33ClN2O3.ClH/c1-3-26(17-18-27)16-6-4-5-7-19-8-12-21(13-9-19)25(2)23(28)29-22-14-10-20(24)11-15-22;/h10-11,14-15,19,21,27H,3-4,6,8-9,12-13,16-18H2,1-2H3;1H. The van der Waals surface area contributed by atoms with Crippen molar-refractivity contribution in [1.29, 1.82) is 0 Å². The van der Waals surface area contributed by atoms with E-state index in [4.69, 9.17) is 21.4 Å². The molecule has 0 bridgehead atoms. The fourth-order valence-corrected chi connectivity index (χ4v) is 3.73. The van der Waals surface area contributed by atoms with E-state index in [1.807, 2.05) is 0 Å². The maximum Gasteiger partial charge on any atom is 0.415 e. The van der Waals surface area contributed by atoms with E-state index in [2.05, 4.69) is 23.7 Å². The number of rotatable bonds is 8. The maximum atomic E-state index is 12.4. The zero-order chi connectivity index (χ0) is 21.1. The van der Waals surface area contributed by atoms with Crippen LogP contribution >= 0.6 is 24.0 Å². The lowest BCUT2D eigenvalue weighted by molar-refractivity contribution is 0.129. The number of carbonyl (C=O) groups excluding carboxylic acids is 1. The highest BCUT2D eigenvalue weighted by Gasteiger charge is 2.26. The summed E-state index contributed by atoms with van der Waals surface area (Å²) in [6, 6.07) is 7.01. The first-order chi connectivity index (χ1) is 14.0. The highest BCUT2D eigenvalue weighted by Crippen LogP contribution is 2.27. The summed E-state index contributed by atoms with van der Waals surface area (Å²) < 4.78 is 5.43. The number of nitrogens with zero attached hydrogens (tertiary/aromatic N) is 2. The molecule has 1 aliphatic carbocycles. The molecule has 30 heavy (non-hydrogen) atoms. The molecule has 0 aromatic heterocycles. The molecule has 2 rings (SSSR count). The molecular weight excluding hydrogens is 423 g/mol. The highest BCUT2D eigenvalue weighted by molar-refractivity contribution is 6.30. The molecule has 1 aliphatic rings. The van der Waals surface area contributed by atoms with Crippen molar-refractivity contribution in [3.05, 3.63) is 29.3 Å². The number of aliphatic hydroxyl groups is 1. The summed E-state index contributed by atoms with van der Waals surface area (Å²) in [6.07, 6.45) is 5.54. The van der Waals surface area contributed by atoms with E-state index in [0.717, 1.165) is 58.2 Å². The lowest BCUT2D eigenvalue weighted by atomic mass is 9.86. The van der Waals surface area contributed by atoms with Gasteiger partial charge in [-0.2, -0.15) is 0 Å². The zero-order valence-corrected chi connectivity index (χ0v) is 19.6. The molecule has 0 saturated heterocycles. The van der Waals surface area contributed by atoms with Crippen LogP contribution in [0.25, 0.3) is 0 Å². The van der Waals surface area contributed by atoms with Gasteiger partial charge in [-0.1, -0.05) is 24.4 Å². The molecule has 5 nitrogen and oxygen atoms in total. The van der Waals surface area contributed by atoms with Crippen LogP contribution in [-0.2, 0) is 0 Å². The molecule has 1 fully saturated rings. The Hall–Kier alpha value is -1.45. The van der Waals surface area contributed by atoms with Crippen LogP contribution in [0.1, 0.15) is 45.4 Å². The van der Waals surface area contributed by atoms with Crippen molar-refractivity contribution in [2.24, 2.45) is 5.92 Å². The van der Waals surface area contributed by atoms with Gasteiger partial charge >= 0.3 is 6.09 Å². The van der Waals surface area contributed by atoms with Gasteiger partial charge in [0.1, 0.15) is 5.75 Å². The molecule has 0 atom stereocenters. The Balaban J connectivity index is 0.00000450. The van der Waals surface area contributed by atoms with Crippen LogP contribution in [0.4, 0.5) is 4.79 Å².